The largest absolute Gasteiger partial charge is 0.467 e. The van der Waals surface area contributed by atoms with Gasteiger partial charge >= 0.3 is 6.18 Å². The van der Waals surface area contributed by atoms with Crippen LogP contribution < -0.4 is 10.6 Å². The lowest BCUT2D eigenvalue weighted by atomic mass is 9.86. The van der Waals surface area contributed by atoms with Crippen molar-refractivity contribution in [1.29, 1.82) is 0 Å². The standard InChI is InChI=1S/C22H23F3N4O2/c1-21(2,3)13-7-4-5-8-14(13)27-20(30)16-12-19-26-15(17-9-6-10-31-17)11-18(22(23,24)25)29(19)28-16/h4-10,12,15,18,26H,11H2,1-3H3,(H,27,30)/t15-,18-/m1/s1. The Morgan fingerprint density at radius 2 is 1.94 bits per heavy atom. The number of benzene rings is 1. The van der Waals surface area contributed by atoms with Crippen molar-refractivity contribution >= 4 is 17.4 Å². The van der Waals surface area contributed by atoms with Gasteiger partial charge in [0.1, 0.15) is 11.6 Å². The molecule has 3 aromatic rings. The second-order valence-corrected chi connectivity index (χ2v) is 8.61. The number of amides is 1. The molecule has 9 heteroatoms. The Morgan fingerprint density at radius 1 is 1.19 bits per heavy atom. The van der Waals surface area contributed by atoms with Crippen LogP contribution in [0.1, 0.15) is 61.1 Å². The van der Waals surface area contributed by atoms with Crippen LogP contribution in [0, 0.1) is 0 Å². The van der Waals surface area contributed by atoms with Gasteiger partial charge in [-0.05, 0) is 29.2 Å². The summed E-state index contributed by atoms with van der Waals surface area (Å²) in [6.07, 6.45) is -3.41. The summed E-state index contributed by atoms with van der Waals surface area (Å²) in [6, 6.07) is 9.36. The fourth-order valence-electron chi connectivity index (χ4n) is 3.79. The van der Waals surface area contributed by atoms with Crippen molar-refractivity contribution in [3.8, 4) is 0 Å². The SMILES string of the molecule is CC(C)(C)c1ccccc1NC(=O)c1cc2n(n1)[C@@H](C(F)(F)F)C[C@H](c1ccco1)N2. The van der Waals surface area contributed by atoms with E-state index in [-0.39, 0.29) is 23.3 Å². The number of anilines is 2. The fourth-order valence-corrected chi connectivity index (χ4v) is 3.79. The first-order valence-corrected chi connectivity index (χ1v) is 9.91. The molecular formula is C22H23F3N4O2. The Bertz CT molecular complexity index is 1080. The number of alkyl halides is 3. The number of furan rings is 1. The van der Waals surface area contributed by atoms with E-state index in [1.54, 1.807) is 24.3 Å². The van der Waals surface area contributed by atoms with Crippen LogP contribution in [0.2, 0.25) is 0 Å². The highest BCUT2D eigenvalue weighted by molar-refractivity contribution is 6.03. The van der Waals surface area contributed by atoms with Crippen LogP contribution in [0.4, 0.5) is 24.7 Å². The summed E-state index contributed by atoms with van der Waals surface area (Å²) in [5, 5.41) is 9.79. The number of nitrogens with zero attached hydrogens (tertiary/aromatic N) is 2. The van der Waals surface area contributed by atoms with Crippen molar-refractivity contribution < 1.29 is 22.4 Å². The number of aromatic nitrogens is 2. The van der Waals surface area contributed by atoms with Gasteiger partial charge in [-0.3, -0.25) is 4.79 Å². The molecule has 0 saturated heterocycles. The summed E-state index contributed by atoms with van der Waals surface area (Å²) in [4.78, 5) is 12.9. The van der Waals surface area contributed by atoms with E-state index >= 15 is 0 Å². The predicted octanol–water partition coefficient (Wildman–Crippen LogP) is 5.69. The van der Waals surface area contributed by atoms with Gasteiger partial charge in [0.15, 0.2) is 11.7 Å². The molecular weight excluding hydrogens is 409 g/mol. The number of fused-ring (bicyclic) bond motifs is 1. The number of para-hydroxylation sites is 1. The molecule has 2 N–H and O–H groups in total. The van der Waals surface area contributed by atoms with Crippen LogP contribution in [0.15, 0.2) is 53.1 Å². The summed E-state index contributed by atoms with van der Waals surface area (Å²) in [6.45, 7) is 6.04. The number of halogens is 3. The van der Waals surface area contributed by atoms with Crippen molar-refractivity contribution in [2.75, 3.05) is 10.6 Å². The zero-order valence-electron chi connectivity index (χ0n) is 17.3. The van der Waals surface area contributed by atoms with Crippen molar-refractivity contribution in [3.05, 3.63) is 65.7 Å². The van der Waals surface area contributed by atoms with Gasteiger partial charge in [0.25, 0.3) is 5.91 Å². The average molecular weight is 432 g/mol. The van der Waals surface area contributed by atoms with Gasteiger partial charge in [-0.25, -0.2) is 4.68 Å². The third-order valence-electron chi connectivity index (χ3n) is 5.29. The van der Waals surface area contributed by atoms with Gasteiger partial charge < -0.3 is 15.1 Å². The number of carbonyl (C=O) groups is 1. The van der Waals surface area contributed by atoms with Gasteiger partial charge in [-0.1, -0.05) is 39.0 Å². The Kier molecular flexibility index (Phi) is 5.07. The molecule has 1 amide bonds. The van der Waals surface area contributed by atoms with Crippen molar-refractivity contribution in [3.63, 3.8) is 0 Å². The number of nitrogens with one attached hydrogen (secondary N) is 2. The third kappa shape index (κ3) is 4.17. The molecule has 3 heterocycles. The molecule has 2 atom stereocenters. The predicted molar refractivity (Wildman–Crippen MR) is 110 cm³/mol. The molecule has 1 aliphatic heterocycles. The van der Waals surface area contributed by atoms with Crippen LogP contribution in [0.5, 0.6) is 0 Å². The molecule has 0 spiro atoms. The van der Waals surface area contributed by atoms with Crippen LogP contribution in [0.25, 0.3) is 0 Å². The third-order valence-corrected chi connectivity index (χ3v) is 5.29. The van der Waals surface area contributed by atoms with Crippen molar-refractivity contribution in [2.45, 2.75) is 50.9 Å². The maximum atomic E-state index is 13.8. The molecule has 164 valence electrons. The second kappa shape index (κ2) is 7.47. The minimum absolute atomic E-state index is 0.0967. The zero-order chi connectivity index (χ0) is 22.4. The Hall–Kier alpha value is -3.23. The monoisotopic (exact) mass is 432 g/mol. The molecule has 0 unspecified atom stereocenters. The van der Waals surface area contributed by atoms with Gasteiger partial charge in [-0.2, -0.15) is 18.3 Å². The summed E-state index contributed by atoms with van der Waals surface area (Å²) in [5.41, 5.74) is 1.19. The second-order valence-electron chi connectivity index (χ2n) is 8.61. The Morgan fingerprint density at radius 3 is 2.58 bits per heavy atom. The molecule has 0 saturated carbocycles. The van der Waals surface area contributed by atoms with E-state index in [2.05, 4.69) is 15.7 Å². The molecule has 0 aliphatic carbocycles. The highest BCUT2D eigenvalue weighted by Gasteiger charge is 2.47. The number of rotatable bonds is 3. The van der Waals surface area contributed by atoms with E-state index in [0.717, 1.165) is 10.2 Å². The minimum atomic E-state index is -4.53. The van der Waals surface area contributed by atoms with E-state index in [4.69, 9.17) is 4.42 Å². The molecule has 0 fully saturated rings. The lowest BCUT2D eigenvalue weighted by Crippen LogP contribution is -2.35. The number of hydrogen-bond donors (Lipinski definition) is 2. The summed E-state index contributed by atoms with van der Waals surface area (Å²) < 4.78 is 47.4. The maximum absolute atomic E-state index is 13.8. The van der Waals surface area contributed by atoms with E-state index in [1.807, 2.05) is 32.9 Å². The topological polar surface area (TPSA) is 72.1 Å². The summed E-state index contributed by atoms with van der Waals surface area (Å²) in [5.74, 6) is -0.0630. The van der Waals surface area contributed by atoms with Gasteiger partial charge in [0.2, 0.25) is 0 Å². The first-order chi connectivity index (χ1) is 14.5. The van der Waals surface area contributed by atoms with E-state index in [0.29, 0.717) is 11.4 Å². The first-order valence-electron chi connectivity index (χ1n) is 9.91. The molecule has 2 aromatic heterocycles. The van der Waals surface area contributed by atoms with Crippen LogP contribution in [0.3, 0.4) is 0 Å². The minimum Gasteiger partial charge on any atom is -0.467 e. The number of hydrogen-bond acceptors (Lipinski definition) is 4. The Labute approximate surface area is 177 Å². The van der Waals surface area contributed by atoms with Gasteiger partial charge in [-0.15, -0.1) is 0 Å². The van der Waals surface area contributed by atoms with Crippen LogP contribution >= 0.6 is 0 Å². The van der Waals surface area contributed by atoms with E-state index < -0.39 is 24.2 Å². The van der Waals surface area contributed by atoms with Gasteiger partial charge in [0, 0.05) is 18.2 Å². The van der Waals surface area contributed by atoms with Crippen molar-refractivity contribution in [1.82, 2.24) is 9.78 Å². The normalized spacial score (nSPS) is 18.9. The van der Waals surface area contributed by atoms with E-state index in [9.17, 15) is 18.0 Å². The molecule has 0 radical (unpaired) electrons. The lowest BCUT2D eigenvalue weighted by Gasteiger charge is -2.32. The highest BCUT2D eigenvalue weighted by atomic mass is 19.4. The maximum Gasteiger partial charge on any atom is 0.410 e. The molecule has 6 nitrogen and oxygen atoms in total. The number of carbonyl (C=O) groups excluding carboxylic acids is 1. The summed E-state index contributed by atoms with van der Waals surface area (Å²) >= 11 is 0. The molecule has 1 aliphatic rings. The molecule has 0 bridgehead atoms. The zero-order valence-corrected chi connectivity index (χ0v) is 17.3. The first kappa shape index (κ1) is 21.0. The quantitative estimate of drug-likeness (QED) is 0.558. The lowest BCUT2D eigenvalue weighted by molar-refractivity contribution is -0.174. The molecule has 31 heavy (non-hydrogen) atoms. The highest BCUT2D eigenvalue weighted by Crippen LogP contribution is 2.43. The van der Waals surface area contributed by atoms with Crippen molar-refractivity contribution in [2.24, 2.45) is 0 Å². The van der Waals surface area contributed by atoms with E-state index in [1.165, 1.54) is 12.3 Å². The molecule has 1 aromatic carbocycles. The van der Waals surface area contributed by atoms with Gasteiger partial charge in [0.05, 0.1) is 12.3 Å². The molecule has 4 rings (SSSR count). The summed E-state index contributed by atoms with van der Waals surface area (Å²) in [7, 11) is 0. The Balaban J connectivity index is 1.65. The average Bonchev–Trinajstić information content (AvgIpc) is 3.35. The smallest absolute Gasteiger partial charge is 0.410 e. The fraction of sp³-hybridized carbons (Fsp3) is 0.364. The van der Waals surface area contributed by atoms with Crippen LogP contribution in [-0.2, 0) is 5.41 Å². The van der Waals surface area contributed by atoms with Crippen LogP contribution in [-0.4, -0.2) is 21.9 Å².